The third-order valence-corrected chi connectivity index (χ3v) is 2.93. The number of ether oxygens (including phenoxy) is 3. The van der Waals surface area contributed by atoms with Crippen LogP contribution < -0.4 is 0 Å². The fraction of sp³-hybridized carbons (Fsp3) is 0.500. The fourth-order valence-electron chi connectivity index (χ4n) is 1.09. The molecule has 0 aliphatic rings. The minimum Gasteiger partial charge on any atom is -0.435 e. The molecule has 0 fully saturated rings. The summed E-state index contributed by atoms with van der Waals surface area (Å²) < 4.78 is 30.6. The Labute approximate surface area is 118 Å². The van der Waals surface area contributed by atoms with Gasteiger partial charge in [0.2, 0.25) is 12.3 Å². The van der Waals surface area contributed by atoms with E-state index >= 15 is 0 Å². The van der Waals surface area contributed by atoms with Crippen LogP contribution in [-0.4, -0.2) is 37.4 Å². The van der Waals surface area contributed by atoms with Crippen LogP contribution >= 0.6 is 8.03 Å². The van der Waals surface area contributed by atoms with Gasteiger partial charge in [-0.3, -0.25) is 4.79 Å². The first-order valence-corrected chi connectivity index (χ1v) is 7.22. The zero-order chi connectivity index (χ0) is 15.4. The molecule has 2 unspecified atom stereocenters. The zero-order valence-corrected chi connectivity index (χ0v) is 12.2. The molecular formula is C12H18O7P+. The topological polar surface area (TPSA) is 88.1 Å². The van der Waals surface area contributed by atoms with E-state index in [0.29, 0.717) is 6.61 Å². The highest BCUT2D eigenvalue weighted by Crippen LogP contribution is 2.26. The van der Waals surface area contributed by atoms with Gasteiger partial charge >= 0.3 is 20.0 Å². The van der Waals surface area contributed by atoms with Gasteiger partial charge in [0.05, 0.1) is 25.6 Å². The molecule has 0 amide bonds. The predicted octanol–water partition coefficient (Wildman–Crippen LogP) is 1.91. The van der Waals surface area contributed by atoms with Crippen LogP contribution in [0.4, 0.5) is 0 Å². The maximum Gasteiger partial charge on any atom is 0.511 e. The quantitative estimate of drug-likeness (QED) is 0.249. The summed E-state index contributed by atoms with van der Waals surface area (Å²) in [4.78, 5) is 22.8. The molecule has 0 bridgehead atoms. The average Bonchev–Trinajstić information content (AvgIpc) is 2.39. The van der Waals surface area contributed by atoms with Crippen molar-refractivity contribution < 1.29 is 32.9 Å². The summed E-state index contributed by atoms with van der Waals surface area (Å²) >= 11 is 0. The molecule has 0 aliphatic carbocycles. The first-order valence-electron chi connectivity index (χ1n) is 5.86. The predicted molar refractivity (Wildman–Crippen MR) is 71.0 cm³/mol. The third kappa shape index (κ3) is 8.53. The fourth-order valence-corrected chi connectivity index (χ4v) is 1.92. The number of rotatable bonds is 11. The van der Waals surface area contributed by atoms with Crippen molar-refractivity contribution in [2.24, 2.45) is 0 Å². The Kier molecular flexibility index (Phi) is 10.4. The monoisotopic (exact) mass is 305 g/mol. The second kappa shape index (κ2) is 11.3. The molecular weight excluding hydrogens is 287 g/mol. The van der Waals surface area contributed by atoms with Gasteiger partial charge in [-0.2, -0.15) is 0 Å². The summed E-state index contributed by atoms with van der Waals surface area (Å²) in [5.74, 6) is -1.63. The van der Waals surface area contributed by atoms with Crippen molar-refractivity contribution in [3.63, 3.8) is 0 Å². The molecule has 0 aliphatic heterocycles. The highest BCUT2D eigenvalue weighted by atomic mass is 31.1. The van der Waals surface area contributed by atoms with Crippen molar-refractivity contribution >= 4 is 20.0 Å². The van der Waals surface area contributed by atoms with Crippen LogP contribution in [0.25, 0.3) is 0 Å². The molecule has 8 heteroatoms. The minimum absolute atomic E-state index is 0.109. The van der Waals surface area contributed by atoms with Crippen molar-refractivity contribution in [3.05, 3.63) is 25.7 Å². The normalized spacial score (nSPS) is 12.2. The first-order chi connectivity index (χ1) is 9.54. The van der Waals surface area contributed by atoms with E-state index in [9.17, 15) is 14.2 Å². The Bertz CT molecular complexity index is 367. The summed E-state index contributed by atoms with van der Waals surface area (Å²) in [7, 11) is -2.16. The smallest absolute Gasteiger partial charge is 0.435 e. The molecule has 0 spiro atoms. The minimum atomic E-state index is -2.16. The lowest BCUT2D eigenvalue weighted by Crippen LogP contribution is -2.27. The maximum absolute atomic E-state index is 11.6. The van der Waals surface area contributed by atoms with Gasteiger partial charge in [-0.05, 0) is 11.5 Å². The van der Waals surface area contributed by atoms with Crippen molar-refractivity contribution in [1.82, 2.24) is 0 Å². The van der Waals surface area contributed by atoms with Crippen molar-refractivity contribution in [1.29, 1.82) is 0 Å². The highest BCUT2D eigenvalue weighted by molar-refractivity contribution is 7.39. The average molecular weight is 305 g/mol. The van der Waals surface area contributed by atoms with Crippen LogP contribution in [0.1, 0.15) is 13.3 Å². The highest BCUT2D eigenvalue weighted by Gasteiger charge is 2.34. The van der Waals surface area contributed by atoms with Crippen LogP contribution in [0.3, 0.4) is 0 Å². The molecule has 7 nitrogen and oxygen atoms in total. The van der Waals surface area contributed by atoms with Gasteiger partial charge in [-0.25, -0.2) is 4.79 Å². The van der Waals surface area contributed by atoms with Gasteiger partial charge in [0.15, 0.2) is 0 Å². The lowest BCUT2D eigenvalue weighted by atomic mass is 10.2. The van der Waals surface area contributed by atoms with Crippen LogP contribution in [0.2, 0.25) is 0 Å². The zero-order valence-electron chi connectivity index (χ0n) is 11.3. The van der Waals surface area contributed by atoms with Crippen molar-refractivity contribution in [2.75, 3.05) is 19.4 Å². The standard InChI is InChI=1S/C12H18O7P/c1-4-16-7-8-20(15)19-10(12(14)18-6-3)9-11(13)17-5-2/h5-6,10H,2-4,7-9H2,1H3/q+1. The largest absolute Gasteiger partial charge is 0.511 e. The second-order valence-corrected chi connectivity index (χ2v) is 4.64. The van der Waals surface area contributed by atoms with E-state index in [1.54, 1.807) is 6.92 Å². The van der Waals surface area contributed by atoms with Gasteiger partial charge < -0.3 is 14.2 Å². The van der Waals surface area contributed by atoms with Crippen LogP contribution in [0.15, 0.2) is 25.7 Å². The molecule has 2 atom stereocenters. The van der Waals surface area contributed by atoms with E-state index in [0.717, 1.165) is 12.5 Å². The molecule has 0 saturated heterocycles. The number of hydrogen-bond donors (Lipinski definition) is 0. The second-order valence-electron chi connectivity index (χ2n) is 3.31. The number of hydrogen-bond acceptors (Lipinski definition) is 7. The van der Waals surface area contributed by atoms with E-state index in [1.165, 1.54) is 0 Å². The molecule has 0 aromatic heterocycles. The van der Waals surface area contributed by atoms with E-state index in [2.05, 4.69) is 22.6 Å². The van der Waals surface area contributed by atoms with Gasteiger partial charge in [0.25, 0.3) is 0 Å². The van der Waals surface area contributed by atoms with Crippen LogP contribution in [-0.2, 0) is 32.9 Å². The molecule has 0 radical (unpaired) electrons. The van der Waals surface area contributed by atoms with E-state index in [-0.39, 0.29) is 12.8 Å². The van der Waals surface area contributed by atoms with E-state index < -0.39 is 32.5 Å². The third-order valence-electron chi connectivity index (χ3n) is 1.90. The first kappa shape index (κ1) is 18.4. The van der Waals surface area contributed by atoms with Gasteiger partial charge in [0, 0.05) is 6.61 Å². The molecule has 20 heavy (non-hydrogen) atoms. The summed E-state index contributed by atoms with van der Waals surface area (Å²) in [5.41, 5.74) is 0. The number of carbonyl (C=O) groups is 2. The molecule has 112 valence electrons. The molecule has 0 heterocycles. The number of esters is 2. The SMILES string of the molecule is C=COC(=O)CC(O[P+](=O)CCOCC)C(=O)OC=C. The van der Waals surface area contributed by atoms with Gasteiger partial charge in [-0.15, -0.1) is 4.52 Å². The Morgan fingerprint density at radius 1 is 1.25 bits per heavy atom. The Balaban J connectivity index is 4.47. The Morgan fingerprint density at radius 3 is 2.45 bits per heavy atom. The van der Waals surface area contributed by atoms with E-state index in [1.807, 2.05) is 0 Å². The molecule has 0 rings (SSSR count). The molecule has 0 N–H and O–H groups in total. The Hall–Kier alpha value is -1.56. The van der Waals surface area contributed by atoms with E-state index in [4.69, 9.17) is 9.26 Å². The van der Waals surface area contributed by atoms with Crippen molar-refractivity contribution in [3.8, 4) is 0 Å². The molecule has 0 aromatic carbocycles. The van der Waals surface area contributed by atoms with Gasteiger partial charge in [-0.1, -0.05) is 13.2 Å². The lowest BCUT2D eigenvalue weighted by molar-refractivity contribution is -0.152. The lowest BCUT2D eigenvalue weighted by Gasteiger charge is -2.07. The summed E-state index contributed by atoms with van der Waals surface area (Å²) in [6, 6.07) is 0. The number of carbonyl (C=O) groups excluding carboxylic acids is 2. The maximum atomic E-state index is 11.6. The Morgan fingerprint density at radius 2 is 1.90 bits per heavy atom. The molecule has 0 aromatic rings. The van der Waals surface area contributed by atoms with Crippen LogP contribution in [0, 0.1) is 0 Å². The van der Waals surface area contributed by atoms with Crippen molar-refractivity contribution in [2.45, 2.75) is 19.4 Å². The molecule has 0 saturated carbocycles. The summed E-state index contributed by atoms with van der Waals surface area (Å²) in [5, 5.41) is 0. The van der Waals surface area contributed by atoms with Gasteiger partial charge in [0.1, 0.15) is 0 Å². The van der Waals surface area contributed by atoms with Crippen LogP contribution in [0.5, 0.6) is 0 Å². The summed E-state index contributed by atoms with van der Waals surface area (Å²) in [6.07, 6.45) is 0.162. The summed E-state index contributed by atoms with van der Waals surface area (Å²) in [6.45, 7) is 8.93.